The van der Waals surface area contributed by atoms with E-state index in [0.717, 1.165) is 0 Å². The number of hydrogen-bond donors (Lipinski definition) is 2. The van der Waals surface area contributed by atoms with Crippen molar-refractivity contribution in [2.45, 2.75) is 25.1 Å². The Morgan fingerprint density at radius 2 is 2.00 bits per heavy atom. The van der Waals surface area contributed by atoms with E-state index in [4.69, 9.17) is 15.2 Å². The normalized spacial score (nSPS) is 20.6. The molecule has 3 aromatic rings. The van der Waals surface area contributed by atoms with Crippen LogP contribution in [0.5, 0.6) is 5.88 Å². The van der Waals surface area contributed by atoms with Crippen LogP contribution < -0.4 is 15.8 Å². The minimum absolute atomic E-state index is 0.0183. The van der Waals surface area contributed by atoms with E-state index in [2.05, 4.69) is 20.4 Å². The molecule has 2 aliphatic rings. The van der Waals surface area contributed by atoms with Gasteiger partial charge in [-0.3, -0.25) is 9.59 Å². The molecule has 3 N–H and O–H groups in total. The van der Waals surface area contributed by atoms with Gasteiger partial charge in [0.1, 0.15) is 29.3 Å². The molecular formula is C23H25F2N7O4. The molecule has 0 radical (unpaired) electrons. The van der Waals surface area contributed by atoms with Gasteiger partial charge in [-0.25, -0.2) is 23.3 Å². The Labute approximate surface area is 204 Å². The third-order valence-electron chi connectivity index (χ3n) is 6.57. The maximum absolute atomic E-state index is 14.8. The molecule has 0 saturated carbocycles. The third-order valence-corrected chi connectivity index (χ3v) is 6.57. The summed E-state index contributed by atoms with van der Waals surface area (Å²) in [7, 11) is 1.34. The molecule has 13 heteroatoms. The van der Waals surface area contributed by atoms with Crippen molar-refractivity contribution in [3.05, 3.63) is 36.0 Å². The predicted molar refractivity (Wildman–Crippen MR) is 123 cm³/mol. The van der Waals surface area contributed by atoms with Crippen LogP contribution in [-0.4, -0.2) is 81.9 Å². The SMILES string of the molecule is COc1ncc(-c2c(F)cc3c(N)ncnn23)cc1C(=O)N[C@@H]1CN(C(=O)C2CCOCC2)C[C@@H]1F. The summed E-state index contributed by atoms with van der Waals surface area (Å²) in [5, 5.41) is 6.69. The van der Waals surface area contributed by atoms with Gasteiger partial charge in [0.2, 0.25) is 11.8 Å². The fraction of sp³-hybridized carbons (Fsp3) is 0.435. The number of methoxy groups -OCH3 is 1. The van der Waals surface area contributed by atoms with E-state index in [0.29, 0.717) is 26.1 Å². The summed E-state index contributed by atoms with van der Waals surface area (Å²) in [6, 6.07) is 1.66. The molecule has 2 fully saturated rings. The molecule has 36 heavy (non-hydrogen) atoms. The number of carbonyl (C=O) groups is 2. The van der Waals surface area contributed by atoms with E-state index in [1.165, 1.54) is 41.2 Å². The number of amides is 2. The van der Waals surface area contributed by atoms with Gasteiger partial charge in [-0.1, -0.05) is 0 Å². The zero-order valence-corrected chi connectivity index (χ0v) is 19.5. The van der Waals surface area contributed by atoms with Crippen LogP contribution in [0.25, 0.3) is 16.8 Å². The maximum atomic E-state index is 14.8. The zero-order valence-electron chi connectivity index (χ0n) is 19.5. The van der Waals surface area contributed by atoms with Crippen molar-refractivity contribution in [3.8, 4) is 17.1 Å². The highest BCUT2D eigenvalue weighted by Crippen LogP contribution is 2.30. The van der Waals surface area contributed by atoms with Gasteiger partial charge < -0.3 is 25.4 Å². The highest BCUT2D eigenvalue weighted by atomic mass is 19.1. The molecule has 190 valence electrons. The summed E-state index contributed by atoms with van der Waals surface area (Å²) in [5.41, 5.74) is 6.31. The van der Waals surface area contributed by atoms with E-state index in [9.17, 15) is 18.4 Å². The smallest absolute Gasteiger partial charge is 0.257 e. The number of nitrogens with two attached hydrogens (primary N) is 1. The van der Waals surface area contributed by atoms with E-state index < -0.39 is 23.9 Å². The second-order valence-corrected chi connectivity index (χ2v) is 8.79. The number of aromatic nitrogens is 4. The first-order chi connectivity index (χ1) is 17.4. The number of rotatable bonds is 5. The van der Waals surface area contributed by atoms with Crippen molar-refractivity contribution in [3.63, 3.8) is 0 Å². The molecule has 0 bridgehead atoms. The lowest BCUT2D eigenvalue weighted by Crippen LogP contribution is -2.42. The first kappa shape index (κ1) is 23.9. The van der Waals surface area contributed by atoms with Gasteiger partial charge in [-0.05, 0) is 18.9 Å². The van der Waals surface area contributed by atoms with Crippen molar-refractivity contribution < 1.29 is 27.8 Å². The van der Waals surface area contributed by atoms with Crippen molar-refractivity contribution in [2.24, 2.45) is 5.92 Å². The molecule has 0 aromatic carbocycles. The highest BCUT2D eigenvalue weighted by Gasteiger charge is 2.39. The van der Waals surface area contributed by atoms with Gasteiger partial charge >= 0.3 is 0 Å². The molecule has 2 atom stereocenters. The Balaban J connectivity index is 1.38. The van der Waals surface area contributed by atoms with Crippen molar-refractivity contribution in [1.82, 2.24) is 29.8 Å². The molecule has 2 aliphatic heterocycles. The number of ether oxygens (including phenoxy) is 2. The average Bonchev–Trinajstić information content (AvgIpc) is 3.43. The number of hydrogen-bond acceptors (Lipinski definition) is 8. The topological polar surface area (TPSA) is 137 Å². The Bertz CT molecular complexity index is 1310. The van der Waals surface area contributed by atoms with Gasteiger partial charge in [0.15, 0.2) is 11.6 Å². The van der Waals surface area contributed by atoms with Crippen LogP contribution in [-0.2, 0) is 9.53 Å². The molecule has 5 rings (SSSR count). The Morgan fingerprint density at radius 1 is 1.22 bits per heavy atom. The number of halogens is 2. The largest absolute Gasteiger partial charge is 0.480 e. The number of fused-ring (bicyclic) bond motifs is 1. The van der Waals surface area contributed by atoms with Crippen molar-refractivity contribution >= 4 is 23.1 Å². The molecule has 5 heterocycles. The zero-order chi connectivity index (χ0) is 25.4. The van der Waals surface area contributed by atoms with Crippen LogP contribution in [0.4, 0.5) is 14.6 Å². The van der Waals surface area contributed by atoms with E-state index in [1.807, 2.05) is 0 Å². The number of carbonyl (C=O) groups excluding carboxylic acids is 2. The van der Waals surface area contributed by atoms with Crippen LogP contribution in [0, 0.1) is 11.7 Å². The maximum Gasteiger partial charge on any atom is 0.257 e. The van der Waals surface area contributed by atoms with Crippen LogP contribution in [0.3, 0.4) is 0 Å². The number of nitrogen functional groups attached to an aromatic ring is 1. The Kier molecular flexibility index (Phi) is 6.39. The van der Waals surface area contributed by atoms with Gasteiger partial charge in [0, 0.05) is 43.5 Å². The summed E-state index contributed by atoms with van der Waals surface area (Å²) < 4.78 is 41.4. The standard InChI is InChI=1S/C23H25F2N7O4/c1-35-22-14(6-13(8-27-22)19-15(24)7-18-20(26)28-11-29-32(18)19)21(33)30-17-10-31(9-16(17)25)23(34)12-2-4-36-5-3-12/h6-8,11-12,16-17H,2-5,9-10H2,1H3,(H,30,33)(H2,26,28,29)/t16-,17+/m0/s1. The fourth-order valence-electron chi connectivity index (χ4n) is 4.68. The lowest BCUT2D eigenvalue weighted by Gasteiger charge is -2.26. The lowest BCUT2D eigenvalue weighted by atomic mass is 9.99. The highest BCUT2D eigenvalue weighted by molar-refractivity contribution is 5.98. The van der Waals surface area contributed by atoms with E-state index in [1.54, 1.807) is 0 Å². The first-order valence-electron chi connectivity index (χ1n) is 11.5. The minimum atomic E-state index is -1.44. The molecule has 0 aliphatic carbocycles. The molecule has 11 nitrogen and oxygen atoms in total. The number of alkyl halides is 1. The van der Waals surface area contributed by atoms with Crippen LogP contribution in [0.15, 0.2) is 24.7 Å². The first-order valence-corrected chi connectivity index (χ1v) is 11.5. The van der Waals surface area contributed by atoms with Gasteiger partial charge in [-0.15, -0.1) is 0 Å². The predicted octanol–water partition coefficient (Wildman–Crippen LogP) is 1.23. The van der Waals surface area contributed by atoms with E-state index in [-0.39, 0.29) is 58.9 Å². The lowest BCUT2D eigenvalue weighted by molar-refractivity contribution is -0.137. The Morgan fingerprint density at radius 3 is 2.75 bits per heavy atom. The number of pyridine rings is 1. The summed E-state index contributed by atoms with van der Waals surface area (Å²) in [6.45, 7) is 0.956. The second kappa shape index (κ2) is 9.64. The summed E-state index contributed by atoms with van der Waals surface area (Å²) in [6.07, 6.45) is 2.28. The van der Waals surface area contributed by atoms with Gasteiger partial charge in [-0.2, -0.15) is 5.10 Å². The number of nitrogens with zero attached hydrogens (tertiary/aromatic N) is 5. The van der Waals surface area contributed by atoms with E-state index >= 15 is 0 Å². The molecule has 3 aromatic heterocycles. The molecule has 2 saturated heterocycles. The molecule has 0 unspecified atom stereocenters. The second-order valence-electron chi connectivity index (χ2n) is 8.79. The van der Waals surface area contributed by atoms with Crippen LogP contribution in [0.2, 0.25) is 0 Å². The van der Waals surface area contributed by atoms with Crippen molar-refractivity contribution in [2.75, 3.05) is 39.1 Å². The van der Waals surface area contributed by atoms with Crippen LogP contribution >= 0.6 is 0 Å². The summed E-state index contributed by atoms with van der Waals surface area (Å²) in [4.78, 5) is 35.4. The van der Waals surface area contributed by atoms with Crippen LogP contribution in [0.1, 0.15) is 23.2 Å². The molecule has 0 spiro atoms. The Hall–Kier alpha value is -3.87. The van der Waals surface area contributed by atoms with Gasteiger partial charge in [0.05, 0.1) is 19.7 Å². The quantitative estimate of drug-likeness (QED) is 0.533. The monoisotopic (exact) mass is 501 g/mol. The van der Waals surface area contributed by atoms with Gasteiger partial charge in [0.25, 0.3) is 5.91 Å². The minimum Gasteiger partial charge on any atom is -0.480 e. The average molecular weight is 501 g/mol. The van der Waals surface area contributed by atoms with Crippen molar-refractivity contribution in [1.29, 1.82) is 0 Å². The fourth-order valence-corrected chi connectivity index (χ4v) is 4.68. The molecular weight excluding hydrogens is 476 g/mol. The summed E-state index contributed by atoms with van der Waals surface area (Å²) in [5.74, 6) is -1.56. The number of nitrogens with one attached hydrogen (secondary N) is 1. The molecule has 2 amide bonds. The number of likely N-dealkylation sites (tertiary alicyclic amines) is 1. The number of anilines is 1. The summed E-state index contributed by atoms with van der Waals surface area (Å²) >= 11 is 0. The third kappa shape index (κ3) is 4.30.